The predicted molar refractivity (Wildman–Crippen MR) is 107 cm³/mol. The zero-order valence-electron chi connectivity index (χ0n) is 16.6. The Morgan fingerprint density at radius 2 is 1.92 bits per heavy atom. The molecular formula is C21H33N3O2. The van der Waals surface area contributed by atoms with Crippen LogP contribution in [-0.2, 0) is 4.79 Å². The van der Waals surface area contributed by atoms with Crippen molar-refractivity contribution in [1.29, 1.82) is 0 Å². The minimum atomic E-state index is -0.199. The number of rotatable bonds is 7. The summed E-state index contributed by atoms with van der Waals surface area (Å²) in [4.78, 5) is 27.1. The third-order valence-corrected chi connectivity index (χ3v) is 5.43. The van der Waals surface area contributed by atoms with E-state index in [1.54, 1.807) is 12.1 Å². The van der Waals surface area contributed by atoms with Crippen LogP contribution >= 0.6 is 0 Å². The molecule has 1 atom stereocenters. The first-order chi connectivity index (χ1) is 12.4. The van der Waals surface area contributed by atoms with Gasteiger partial charge in [-0.25, -0.2) is 0 Å². The van der Waals surface area contributed by atoms with E-state index in [0.717, 1.165) is 12.0 Å². The van der Waals surface area contributed by atoms with E-state index >= 15 is 0 Å². The third-order valence-electron chi connectivity index (χ3n) is 5.43. The molecule has 1 aliphatic carbocycles. The van der Waals surface area contributed by atoms with Crippen LogP contribution < -0.4 is 10.6 Å². The van der Waals surface area contributed by atoms with Crippen LogP contribution in [0.1, 0.15) is 68.3 Å². The van der Waals surface area contributed by atoms with Crippen LogP contribution in [0, 0.1) is 6.92 Å². The fraction of sp³-hybridized carbons (Fsp3) is 0.619. The fourth-order valence-electron chi connectivity index (χ4n) is 3.47. The number of aryl methyl sites for hydroxylation is 1. The number of hydrogen-bond donors (Lipinski definition) is 2. The summed E-state index contributed by atoms with van der Waals surface area (Å²) in [5, 5.41) is 5.89. The average Bonchev–Trinajstić information content (AvgIpc) is 2.67. The number of benzene rings is 1. The van der Waals surface area contributed by atoms with Gasteiger partial charge in [-0.1, -0.05) is 32.3 Å². The summed E-state index contributed by atoms with van der Waals surface area (Å²) in [5.74, 6) is -0.123. The lowest BCUT2D eigenvalue weighted by Gasteiger charge is -2.34. The molecule has 2 amide bonds. The normalized spacial score (nSPS) is 16.3. The van der Waals surface area contributed by atoms with Gasteiger partial charge in [-0.05, 0) is 57.9 Å². The Labute approximate surface area is 157 Å². The van der Waals surface area contributed by atoms with Crippen molar-refractivity contribution in [1.82, 2.24) is 10.2 Å². The molecule has 1 aromatic carbocycles. The van der Waals surface area contributed by atoms with Crippen molar-refractivity contribution in [3.05, 3.63) is 29.3 Å². The highest BCUT2D eigenvalue weighted by Crippen LogP contribution is 2.24. The smallest absolute Gasteiger partial charge is 0.251 e. The third kappa shape index (κ3) is 5.31. The first-order valence-corrected chi connectivity index (χ1v) is 9.85. The largest absolute Gasteiger partial charge is 0.352 e. The summed E-state index contributed by atoms with van der Waals surface area (Å²) in [7, 11) is 2.04. The van der Waals surface area contributed by atoms with Crippen LogP contribution in [0.15, 0.2) is 18.2 Å². The quantitative estimate of drug-likeness (QED) is 0.780. The van der Waals surface area contributed by atoms with Crippen molar-refractivity contribution >= 4 is 17.5 Å². The van der Waals surface area contributed by atoms with E-state index in [1.165, 1.54) is 32.1 Å². The Morgan fingerprint density at radius 3 is 2.58 bits per heavy atom. The van der Waals surface area contributed by atoms with Gasteiger partial charge in [-0.3, -0.25) is 14.5 Å². The monoisotopic (exact) mass is 359 g/mol. The lowest BCUT2D eigenvalue weighted by molar-refractivity contribution is -0.121. The Kier molecular flexibility index (Phi) is 7.64. The van der Waals surface area contributed by atoms with E-state index in [-0.39, 0.29) is 17.9 Å². The van der Waals surface area contributed by atoms with Crippen LogP contribution in [0.4, 0.5) is 5.69 Å². The molecule has 144 valence electrons. The molecule has 2 rings (SSSR count). The molecule has 5 heteroatoms. The number of anilines is 1. The van der Waals surface area contributed by atoms with E-state index in [0.29, 0.717) is 23.8 Å². The second-order valence-corrected chi connectivity index (χ2v) is 7.41. The van der Waals surface area contributed by atoms with Gasteiger partial charge in [0.05, 0.1) is 6.04 Å². The van der Waals surface area contributed by atoms with Gasteiger partial charge in [0.1, 0.15) is 0 Å². The Bertz CT molecular complexity index is 624. The summed E-state index contributed by atoms with van der Waals surface area (Å²) < 4.78 is 0. The molecular weight excluding hydrogens is 326 g/mol. The van der Waals surface area contributed by atoms with Crippen molar-refractivity contribution in [2.75, 3.05) is 18.9 Å². The minimum absolute atomic E-state index is 0.0210. The second-order valence-electron chi connectivity index (χ2n) is 7.41. The zero-order valence-corrected chi connectivity index (χ0v) is 16.6. The highest BCUT2D eigenvalue weighted by atomic mass is 16.2. The van der Waals surface area contributed by atoms with E-state index in [4.69, 9.17) is 0 Å². The number of nitrogens with zero attached hydrogens (tertiary/aromatic N) is 1. The molecule has 1 saturated carbocycles. The number of carbonyl (C=O) groups excluding carboxylic acids is 2. The van der Waals surface area contributed by atoms with Crippen LogP contribution in [0.3, 0.4) is 0 Å². The highest BCUT2D eigenvalue weighted by Gasteiger charge is 2.26. The molecule has 0 bridgehead atoms. The first kappa shape index (κ1) is 20.4. The van der Waals surface area contributed by atoms with Crippen LogP contribution in [0.5, 0.6) is 0 Å². The lowest BCUT2D eigenvalue weighted by Crippen LogP contribution is -2.46. The summed E-state index contributed by atoms with van der Waals surface area (Å²) in [5.41, 5.74) is 2.24. The molecule has 1 aromatic rings. The first-order valence-electron chi connectivity index (χ1n) is 9.85. The predicted octanol–water partition coefficient (Wildman–Crippen LogP) is 3.73. The Hall–Kier alpha value is -1.88. The number of nitrogens with one attached hydrogen (secondary N) is 2. The average molecular weight is 360 g/mol. The summed E-state index contributed by atoms with van der Waals surface area (Å²) in [6, 6.07) is 5.73. The van der Waals surface area contributed by atoms with Crippen molar-refractivity contribution in [2.45, 2.75) is 71.4 Å². The molecule has 0 spiro atoms. The van der Waals surface area contributed by atoms with E-state index in [9.17, 15) is 9.59 Å². The molecule has 0 saturated heterocycles. The number of carbonyl (C=O) groups is 2. The van der Waals surface area contributed by atoms with Crippen molar-refractivity contribution in [3.8, 4) is 0 Å². The number of likely N-dealkylation sites (N-methyl/N-ethyl adjacent to an activating group) is 1. The van der Waals surface area contributed by atoms with E-state index in [1.807, 2.05) is 33.9 Å². The molecule has 2 N–H and O–H groups in total. The van der Waals surface area contributed by atoms with Gasteiger partial charge in [-0.15, -0.1) is 0 Å². The molecule has 1 fully saturated rings. The van der Waals surface area contributed by atoms with Gasteiger partial charge in [0.15, 0.2) is 0 Å². The molecule has 1 aliphatic rings. The van der Waals surface area contributed by atoms with Gasteiger partial charge in [-0.2, -0.15) is 0 Å². The van der Waals surface area contributed by atoms with Crippen LogP contribution in [0.2, 0.25) is 0 Å². The summed E-state index contributed by atoms with van der Waals surface area (Å²) >= 11 is 0. The van der Waals surface area contributed by atoms with Crippen molar-refractivity contribution in [3.63, 3.8) is 0 Å². The molecule has 0 aliphatic heterocycles. The Morgan fingerprint density at radius 1 is 1.23 bits per heavy atom. The number of hydrogen-bond acceptors (Lipinski definition) is 3. The maximum absolute atomic E-state index is 12.7. The van der Waals surface area contributed by atoms with Gasteiger partial charge in [0, 0.05) is 23.8 Å². The molecule has 0 radical (unpaired) electrons. The lowest BCUT2D eigenvalue weighted by atomic mass is 9.93. The molecule has 1 unspecified atom stereocenters. The topological polar surface area (TPSA) is 61.4 Å². The minimum Gasteiger partial charge on any atom is -0.352 e. The SMILES string of the molecule is CCCNC(=O)c1ccc(C)c(NC(=O)C(C)N(C)C2CCCCC2)c1. The second kappa shape index (κ2) is 9.72. The molecule has 0 aromatic heterocycles. The standard InChI is InChI=1S/C21H33N3O2/c1-5-13-22-21(26)17-12-11-15(2)19(14-17)23-20(25)16(3)24(4)18-9-7-6-8-10-18/h11-12,14,16,18H,5-10,13H2,1-4H3,(H,22,26)(H,23,25). The van der Waals surface area contributed by atoms with Crippen molar-refractivity contribution < 1.29 is 9.59 Å². The van der Waals surface area contributed by atoms with Gasteiger partial charge in [0.25, 0.3) is 5.91 Å². The maximum atomic E-state index is 12.7. The van der Waals surface area contributed by atoms with E-state index < -0.39 is 0 Å². The molecule has 5 nitrogen and oxygen atoms in total. The van der Waals surface area contributed by atoms with E-state index in [2.05, 4.69) is 15.5 Å². The zero-order chi connectivity index (χ0) is 19.1. The van der Waals surface area contributed by atoms with Gasteiger partial charge < -0.3 is 10.6 Å². The van der Waals surface area contributed by atoms with Crippen LogP contribution in [-0.4, -0.2) is 42.4 Å². The van der Waals surface area contributed by atoms with Gasteiger partial charge in [0.2, 0.25) is 5.91 Å². The number of amides is 2. The molecule has 26 heavy (non-hydrogen) atoms. The summed E-state index contributed by atoms with van der Waals surface area (Å²) in [6.07, 6.45) is 7.03. The van der Waals surface area contributed by atoms with Crippen molar-refractivity contribution in [2.24, 2.45) is 0 Å². The maximum Gasteiger partial charge on any atom is 0.251 e. The van der Waals surface area contributed by atoms with Crippen LogP contribution in [0.25, 0.3) is 0 Å². The highest BCUT2D eigenvalue weighted by molar-refractivity contribution is 5.99. The Balaban J connectivity index is 2.03. The summed E-state index contributed by atoms with van der Waals surface area (Å²) in [6.45, 7) is 6.57. The molecule has 0 heterocycles. The van der Waals surface area contributed by atoms with Gasteiger partial charge >= 0.3 is 0 Å². The fourth-order valence-corrected chi connectivity index (χ4v) is 3.47.